The van der Waals surface area contributed by atoms with E-state index in [1.807, 2.05) is 0 Å². The molecule has 0 aliphatic heterocycles. The summed E-state index contributed by atoms with van der Waals surface area (Å²) in [6, 6.07) is 3.55. The van der Waals surface area contributed by atoms with Crippen LogP contribution in [0.5, 0.6) is 0 Å². The molecule has 108 valence electrons. The number of hydrogen-bond donors (Lipinski definition) is 4. The number of carbonyl (C=O) groups excluding carboxylic acids is 2. The molecule has 9 heteroatoms. The van der Waals surface area contributed by atoms with Gasteiger partial charge in [-0.3, -0.25) is 25.5 Å². The minimum Gasteiger partial charge on any atom is -0.368 e. The first-order valence-electron chi connectivity index (χ1n) is 5.56. The Balaban J connectivity index is 3.17. The number of nitrogens with two attached hydrogens (primary N) is 2. The van der Waals surface area contributed by atoms with E-state index in [2.05, 4.69) is 10.7 Å². The number of nitro groups is 1. The van der Waals surface area contributed by atoms with Gasteiger partial charge in [-0.15, -0.1) is 0 Å². The van der Waals surface area contributed by atoms with Crippen molar-refractivity contribution in [1.82, 2.24) is 5.32 Å². The number of rotatable bonds is 5. The number of hydrogen-bond acceptors (Lipinski definition) is 6. The number of hydrazine groups is 1. The number of amides is 2. The van der Waals surface area contributed by atoms with E-state index < -0.39 is 22.3 Å². The molecule has 0 radical (unpaired) electrons. The highest BCUT2D eigenvalue weighted by atomic mass is 16.6. The van der Waals surface area contributed by atoms with Gasteiger partial charge in [0.2, 0.25) is 5.91 Å². The molecule has 0 unspecified atom stereocenters. The SMILES string of the molecule is CC(C)(NC(=O)c1cc([N+](=O)[O-])ccc1NN)C(N)=O. The van der Waals surface area contributed by atoms with Crippen LogP contribution < -0.4 is 22.3 Å². The highest BCUT2D eigenvalue weighted by Gasteiger charge is 2.28. The molecule has 0 bridgehead atoms. The van der Waals surface area contributed by atoms with E-state index in [-0.39, 0.29) is 16.9 Å². The molecule has 0 heterocycles. The van der Waals surface area contributed by atoms with Crippen LogP contribution in [0.25, 0.3) is 0 Å². The maximum Gasteiger partial charge on any atom is 0.270 e. The molecule has 1 rings (SSSR count). The molecular formula is C11H15N5O4. The molecule has 2 amide bonds. The third-order valence-corrected chi connectivity index (χ3v) is 2.66. The van der Waals surface area contributed by atoms with Crippen molar-refractivity contribution in [3.05, 3.63) is 33.9 Å². The van der Waals surface area contributed by atoms with E-state index in [9.17, 15) is 19.7 Å². The van der Waals surface area contributed by atoms with Crippen LogP contribution in [0, 0.1) is 10.1 Å². The molecule has 0 saturated carbocycles. The van der Waals surface area contributed by atoms with Gasteiger partial charge in [-0.2, -0.15) is 0 Å². The minimum absolute atomic E-state index is 0.0592. The van der Waals surface area contributed by atoms with E-state index in [1.54, 1.807) is 0 Å². The number of carbonyl (C=O) groups is 2. The van der Waals surface area contributed by atoms with Gasteiger partial charge >= 0.3 is 0 Å². The third-order valence-electron chi connectivity index (χ3n) is 2.66. The Labute approximate surface area is 114 Å². The molecule has 0 aromatic heterocycles. The summed E-state index contributed by atoms with van der Waals surface area (Å²) in [5.41, 5.74) is 5.96. The normalized spacial score (nSPS) is 10.8. The number of nitrogens with one attached hydrogen (secondary N) is 2. The lowest BCUT2D eigenvalue weighted by Crippen LogP contribution is -2.53. The van der Waals surface area contributed by atoms with E-state index in [0.717, 1.165) is 6.07 Å². The van der Waals surface area contributed by atoms with Crippen molar-refractivity contribution in [3.63, 3.8) is 0 Å². The lowest BCUT2D eigenvalue weighted by atomic mass is 10.0. The molecule has 0 aliphatic carbocycles. The Morgan fingerprint density at radius 2 is 1.95 bits per heavy atom. The molecule has 0 saturated heterocycles. The molecule has 9 nitrogen and oxygen atoms in total. The number of non-ortho nitro benzene ring substituents is 1. The van der Waals surface area contributed by atoms with Crippen LogP contribution >= 0.6 is 0 Å². The smallest absolute Gasteiger partial charge is 0.270 e. The van der Waals surface area contributed by atoms with Gasteiger partial charge in [0, 0.05) is 12.1 Å². The lowest BCUT2D eigenvalue weighted by molar-refractivity contribution is -0.384. The topological polar surface area (TPSA) is 153 Å². The Bertz CT molecular complexity index is 570. The predicted octanol–water partition coefficient (Wildman–Crippen LogP) is -0.126. The molecule has 6 N–H and O–H groups in total. The van der Waals surface area contributed by atoms with Crippen LogP contribution in [0.4, 0.5) is 11.4 Å². The fraction of sp³-hybridized carbons (Fsp3) is 0.273. The molecular weight excluding hydrogens is 266 g/mol. The zero-order valence-electron chi connectivity index (χ0n) is 11.0. The van der Waals surface area contributed by atoms with Gasteiger partial charge in [-0.1, -0.05) is 0 Å². The monoisotopic (exact) mass is 281 g/mol. The maximum atomic E-state index is 12.1. The number of nitrogen functional groups attached to an aromatic ring is 1. The lowest BCUT2D eigenvalue weighted by Gasteiger charge is -2.22. The molecule has 1 aromatic carbocycles. The number of nitro benzene ring substituents is 1. The molecule has 0 aliphatic rings. The second-order valence-corrected chi connectivity index (χ2v) is 4.57. The Morgan fingerprint density at radius 1 is 1.35 bits per heavy atom. The Kier molecular flexibility index (Phi) is 4.25. The van der Waals surface area contributed by atoms with Crippen LogP contribution in [0.2, 0.25) is 0 Å². The summed E-state index contributed by atoms with van der Waals surface area (Å²) >= 11 is 0. The van der Waals surface area contributed by atoms with Crippen LogP contribution in [-0.4, -0.2) is 22.3 Å². The Morgan fingerprint density at radius 3 is 2.40 bits per heavy atom. The Hall–Kier alpha value is -2.68. The second-order valence-electron chi connectivity index (χ2n) is 4.57. The number of benzene rings is 1. The van der Waals surface area contributed by atoms with Gasteiger partial charge in [-0.05, 0) is 19.9 Å². The first-order valence-corrected chi connectivity index (χ1v) is 5.56. The zero-order chi connectivity index (χ0) is 15.5. The fourth-order valence-corrected chi connectivity index (χ4v) is 1.37. The van der Waals surface area contributed by atoms with Crippen LogP contribution in [0.15, 0.2) is 18.2 Å². The van der Waals surface area contributed by atoms with Gasteiger partial charge < -0.3 is 16.5 Å². The summed E-state index contributed by atoms with van der Waals surface area (Å²) in [6.07, 6.45) is 0. The first kappa shape index (κ1) is 15.4. The quantitative estimate of drug-likeness (QED) is 0.335. The van der Waals surface area contributed by atoms with E-state index >= 15 is 0 Å². The largest absolute Gasteiger partial charge is 0.368 e. The fourth-order valence-electron chi connectivity index (χ4n) is 1.37. The highest BCUT2D eigenvalue weighted by molar-refractivity contribution is 6.03. The summed E-state index contributed by atoms with van der Waals surface area (Å²) in [7, 11) is 0. The molecule has 0 fully saturated rings. The second kappa shape index (κ2) is 5.53. The van der Waals surface area contributed by atoms with Crippen molar-refractivity contribution in [3.8, 4) is 0 Å². The van der Waals surface area contributed by atoms with Crippen molar-refractivity contribution >= 4 is 23.2 Å². The maximum absolute atomic E-state index is 12.1. The first-order chi connectivity index (χ1) is 9.19. The van der Waals surface area contributed by atoms with Crippen molar-refractivity contribution in [2.75, 3.05) is 5.43 Å². The van der Waals surface area contributed by atoms with Crippen molar-refractivity contribution in [2.24, 2.45) is 11.6 Å². The molecule has 1 aromatic rings. The van der Waals surface area contributed by atoms with E-state index in [4.69, 9.17) is 11.6 Å². The average molecular weight is 281 g/mol. The summed E-state index contributed by atoms with van der Waals surface area (Å²) in [4.78, 5) is 33.3. The van der Waals surface area contributed by atoms with Crippen LogP contribution in [-0.2, 0) is 4.79 Å². The number of nitrogens with zero attached hydrogens (tertiary/aromatic N) is 1. The summed E-state index contributed by atoms with van der Waals surface area (Å²) in [6.45, 7) is 2.83. The molecule has 0 atom stereocenters. The zero-order valence-corrected chi connectivity index (χ0v) is 11.0. The van der Waals surface area contributed by atoms with Gasteiger partial charge in [0.05, 0.1) is 16.2 Å². The van der Waals surface area contributed by atoms with Gasteiger partial charge in [0.1, 0.15) is 5.54 Å². The van der Waals surface area contributed by atoms with E-state index in [0.29, 0.717) is 0 Å². The standard InChI is InChI=1S/C11H15N5O4/c1-11(2,10(12)18)14-9(17)7-5-6(16(19)20)3-4-8(7)15-13/h3-5,15H,13H2,1-2H3,(H2,12,18)(H,14,17). The predicted molar refractivity (Wildman–Crippen MR) is 71.6 cm³/mol. The van der Waals surface area contributed by atoms with Gasteiger partial charge in [0.25, 0.3) is 11.6 Å². The van der Waals surface area contributed by atoms with Crippen molar-refractivity contribution < 1.29 is 14.5 Å². The van der Waals surface area contributed by atoms with Crippen molar-refractivity contribution in [1.29, 1.82) is 0 Å². The summed E-state index contributed by atoms with van der Waals surface area (Å²) in [5, 5.41) is 13.1. The summed E-state index contributed by atoms with van der Waals surface area (Å²) < 4.78 is 0. The summed E-state index contributed by atoms with van der Waals surface area (Å²) in [5.74, 6) is 3.81. The number of anilines is 1. The highest BCUT2D eigenvalue weighted by Crippen LogP contribution is 2.22. The van der Waals surface area contributed by atoms with Gasteiger partial charge in [0.15, 0.2) is 0 Å². The minimum atomic E-state index is -1.30. The van der Waals surface area contributed by atoms with E-state index in [1.165, 1.54) is 26.0 Å². The third kappa shape index (κ3) is 3.20. The molecule has 20 heavy (non-hydrogen) atoms. The van der Waals surface area contributed by atoms with Crippen LogP contribution in [0.3, 0.4) is 0 Å². The average Bonchev–Trinajstić information content (AvgIpc) is 2.37. The molecule has 0 spiro atoms. The van der Waals surface area contributed by atoms with Crippen molar-refractivity contribution in [2.45, 2.75) is 19.4 Å². The van der Waals surface area contributed by atoms with Gasteiger partial charge in [-0.25, -0.2) is 0 Å². The number of primary amides is 1. The van der Waals surface area contributed by atoms with Crippen LogP contribution in [0.1, 0.15) is 24.2 Å².